The third-order valence-electron chi connectivity index (χ3n) is 2.25. The van der Waals surface area contributed by atoms with Gasteiger partial charge in [0.15, 0.2) is 5.82 Å². The fourth-order valence-corrected chi connectivity index (χ4v) is 1.59. The van der Waals surface area contributed by atoms with Gasteiger partial charge in [0, 0.05) is 12.1 Å². The molecular weight excluding hydrogens is 266 g/mol. The minimum absolute atomic E-state index is 0.0278. The topological polar surface area (TPSA) is 55.1 Å². The first-order chi connectivity index (χ1) is 8.52. The van der Waals surface area contributed by atoms with E-state index < -0.39 is 17.2 Å². The Bertz CT molecular complexity index is 658. The molecule has 4 nitrogen and oxygen atoms in total. The molecule has 1 aromatic carbocycles. The molecule has 1 N–H and O–H groups in total. The van der Waals surface area contributed by atoms with Gasteiger partial charge in [-0.05, 0) is 12.1 Å². The maximum Gasteiger partial charge on any atom is 0.275 e. The van der Waals surface area contributed by atoms with Crippen molar-refractivity contribution in [1.82, 2.24) is 9.78 Å². The molecule has 0 radical (unpaired) electrons. The molecule has 1 aromatic heterocycles. The molecule has 0 saturated heterocycles. The lowest BCUT2D eigenvalue weighted by Crippen LogP contribution is -2.22. The van der Waals surface area contributed by atoms with E-state index in [0.29, 0.717) is 10.7 Å². The number of halogens is 3. The highest BCUT2D eigenvalue weighted by Crippen LogP contribution is 2.16. The van der Waals surface area contributed by atoms with Crippen LogP contribution in [0, 0.1) is 11.6 Å². The molecule has 0 atom stereocenters. The largest absolute Gasteiger partial charge is 0.506 e. The number of aromatic nitrogens is 2. The zero-order valence-electron chi connectivity index (χ0n) is 8.90. The summed E-state index contributed by atoms with van der Waals surface area (Å²) in [5.41, 5.74) is -0.931. The van der Waals surface area contributed by atoms with Crippen molar-refractivity contribution in [3.63, 3.8) is 0 Å². The second-order valence-electron chi connectivity index (χ2n) is 3.46. The fourth-order valence-electron chi connectivity index (χ4n) is 1.40. The van der Waals surface area contributed by atoms with Gasteiger partial charge in [0.2, 0.25) is 0 Å². The van der Waals surface area contributed by atoms with Crippen molar-refractivity contribution in [3.05, 3.63) is 51.9 Å². The second-order valence-corrected chi connectivity index (χ2v) is 3.72. The first-order valence-electron chi connectivity index (χ1n) is 4.86. The zero-order chi connectivity index (χ0) is 13.3. The van der Waals surface area contributed by atoms with Crippen LogP contribution in [0.3, 0.4) is 0 Å². The molecule has 0 unspecified atom stereocenters. The average Bonchev–Trinajstić information content (AvgIpc) is 2.30. The highest BCUT2D eigenvalue weighted by Gasteiger charge is 2.12. The quantitative estimate of drug-likeness (QED) is 0.850. The lowest BCUT2D eigenvalue weighted by atomic mass is 10.3. The van der Waals surface area contributed by atoms with Crippen LogP contribution in [0.2, 0.25) is 0 Å². The van der Waals surface area contributed by atoms with Gasteiger partial charge in [-0.2, -0.15) is 9.78 Å². The maximum absolute atomic E-state index is 13.5. The van der Waals surface area contributed by atoms with Crippen molar-refractivity contribution in [1.29, 1.82) is 0 Å². The Morgan fingerprint density at radius 1 is 1.33 bits per heavy atom. The van der Waals surface area contributed by atoms with E-state index in [0.717, 1.165) is 18.2 Å². The van der Waals surface area contributed by atoms with Gasteiger partial charge in [-0.3, -0.25) is 4.79 Å². The van der Waals surface area contributed by atoms with Crippen molar-refractivity contribution in [2.24, 2.45) is 0 Å². The van der Waals surface area contributed by atoms with E-state index in [2.05, 4.69) is 5.10 Å². The van der Waals surface area contributed by atoms with Crippen LogP contribution in [0.1, 0.15) is 5.69 Å². The van der Waals surface area contributed by atoms with Gasteiger partial charge < -0.3 is 5.11 Å². The minimum Gasteiger partial charge on any atom is -0.506 e. The Balaban J connectivity index is 2.67. The van der Waals surface area contributed by atoms with Crippen LogP contribution >= 0.6 is 11.6 Å². The number of alkyl halides is 1. The molecule has 0 bridgehead atoms. The molecular formula is C11H7ClF2N2O2. The number of benzene rings is 1. The molecule has 0 fully saturated rings. The summed E-state index contributed by atoms with van der Waals surface area (Å²) in [4.78, 5) is 11.6. The molecule has 0 saturated carbocycles. The van der Waals surface area contributed by atoms with Gasteiger partial charge in [0.25, 0.3) is 5.56 Å². The predicted octanol–water partition coefficient (Wildman–Crippen LogP) is 1.96. The third-order valence-corrected chi connectivity index (χ3v) is 2.50. The average molecular weight is 273 g/mol. The summed E-state index contributed by atoms with van der Waals surface area (Å²) in [6.07, 6.45) is 0. The van der Waals surface area contributed by atoms with Gasteiger partial charge in [-0.1, -0.05) is 0 Å². The summed E-state index contributed by atoms with van der Waals surface area (Å²) in [6, 6.07) is 3.58. The molecule has 18 heavy (non-hydrogen) atoms. The lowest BCUT2D eigenvalue weighted by molar-refractivity contribution is 0.459. The Morgan fingerprint density at radius 3 is 2.67 bits per heavy atom. The monoisotopic (exact) mass is 272 g/mol. The van der Waals surface area contributed by atoms with E-state index in [4.69, 9.17) is 11.6 Å². The van der Waals surface area contributed by atoms with E-state index in [9.17, 15) is 18.7 Å². The second kappa shape index (κ2) is 4.73. The van der Waals surface area contributed by atoms with Gasteiger partial charge in [-0.15, -0.1) is 11.6 Å². The van der Waals surface area contributed by atoms with E-state index in [-0.39, 0.29) is 23.0 Å². The standard InChI is InChI=1S/C11H7ClF2N2O2/c12-5-8-10(17)4-11(18)16(15-8)9-2-1-6(13)3-7(9)14/h1-4,17H,5H2. The van der Waals surface area contributed by atoms with Crippen molar-refractivity contribution in [3.8, 4) is 11.4 Å². The molecule has 0 aliphatic heterocycles. The van der Waals surface area contributed by atoms with Gasteiger partial charge in [0.05, 0.1) is 5.88 Å². The summed E-state index contributed by atoms with van der Waals surface area (Å²) in [7, 11) is 0. The Morgan fingerprint density at radius 2 is 2.06 bits per heavy atom. The van der Waals surface area contributed by atoms with Crippen LogP contribution in [0.15, 0.2) is 29.1 Å². The summed E-state index contributed by atoms with van der Waals surface area (Å²) in [5.74, 6) is -2.21. The van der Waals surface area contributed by atoms with E-state index in [1.54, 1.807) is 0 Å². The van der Waals surface area contributed by atoms with Crippen molar-refractivity contribution in [2.45, 2.75) is 5.88 Å². The smallest absolute Gasteiger partial charge is 0.275 e. The molecule has 2 aromatic rings. The van der Waals surface area contributed by atoms with Crippen molar-refractivity contribution in [2.75, 3.05) is 0 Å². The lowest BCUT2D eigenvalue weighted by Gasteiger charge is -2.08. The molecule has 7 heteroatoms. The molecule has 0 aliphatic carbocycles. The predicted molar refractivity (Wildman–Crippen MR) is 61.0 cm³/mol. The molecule has 94 valence electrons. The van der Waals surface area contributed by atoms with E-state index in [1.807, 2.05) is 0 Å². The minimum atomic E-state index is -0.934. The molecule has 0 spiro atoms. The Kier molecular flexibility index (Phi) is 3.29. The van der Waals surface area contributed by atoms with Crippen LogP contribution in [-0.2, 0) is 5.88 Å². The van der Waals surface area contributed by atoms with Gasteiger partial charge in [-0.25, -0.2) is 8.78 Å². The molecule has 0 aliphatic rings. The number of aromatic hydroxyl groups is 1. The van der Waals surface area contributed by atoms with Gasteiger partial charge >= 0.3 is 0 Å². The van der Waals surface area contributed by atoms with Crippen LogP contribution in [0.5, 0.6) is 5.75 Å². The molecule has 1 heterocycles. The zero-order valence-corrected chi connectivity index (χ0v) is 9.66. The molecule has 0 amide bonds. The Hall–Kier alpha value is -1.95. The first kappa shape index (κ1) is 12.5. The van der Waals surface area contributed by atoms with Crippen LogP contribution in [0.25, 0.3) is 5.69 Å². The number of nitrogens with zero attached hydrogens (tertiary/aromatic N) is 2. The van der Waals surface area contributed by atoms with E-state index >= 15 is 0 Å². The highest BCUT2D eigenvalue weighted by atomic mass is 35.5. The number of hydrogen-bond donors (Lipinski definition) is 1. The fraction of sp³-hybridized carbons (Fsp3) is 0.0909. The summed E-state index contributed by atoms with van der Waals surface area (Å²) >= 11 is 5.52. The van der Waals surface area contributed by atoms with Crippen molar-refractivity contribution < 1.29 is 13.9 Å². The molecule has 2 rings (SSSR count). The SMILES string of the molecule is O=c1cc(O)c(CCl)nn1-c1ccc(F)cc1F. The van der Waals surface area contributed by atoms with E-state index in [1.165, 1.54) is 0 Å². The van der Waals surface area contributed by atoms with Crippen LogP contribution < -0.4 is 5.56 Å². The summed E-state index contributed by atoms with van der Waals surface area (Å²) in [6.45, 7) is 0. The summed E-state index contributed by atoms with van der Waals surface area (Å²) in [5, 5.41) is 13.1. The van der Waals surface area contributed by atoms with Crippen molar-refractivity contribution >= 4 is 11.6 Å². The summed E-state index contributed by atoms with van der Waals surface area (Å²) < 4.78 is 27.0. The van der Waals surface area contributed by atoms with Crippen LogP contribution in [0.4, 0.5) is 8.78 Å². The van der Waals surface area contributed by atoms with Crippen LogP contribution in [-0.4, -0.2) is 14.9 Å². The Labute approximate surface area is 105 Å². The number of rotatable bonds is 2. The third kappa shape index (κ3) is 2.19. The highest BCUT2D eigenvalue weighted by molar-refractivity contribution is 6.17. The maximum atomic E-state index is 13.5. The first-order valence-corrected chi connectivity index (χ1v) is 5.40. The number of hydrogen-bond acceptors (Lipinski definition) is 3. The van der Waals surface area contributed by atoms with Gasteiger partial charge in [0.1, 0.15) is 22.9 Å². The normalized spacial score (nSPS) is 10.6.